The minimum Gasteiger partial charge on any atom is -0.382 e. The zero-order chi connectivity index (χ0) is 29.7. The predicted octanol–water partition coefficient (Wildman–Crippen LogP) is 3.24. The topological polar surface area (TPSA) is 103 Å². The van der Waals surface area contributed by atoms with Crippen LogP contribution in [0, 0.1) is 19.7 Å². The van der Waals surface area contributed by atoms with Gasteiger partial charge in [0, 0.05) is 45.6 Å². The van der Waals surface area contributed by atoms with Crippen LogP contribution >= 0.6 is 0 Å². The summed E-state index contributed by atoms with van der Waals surface area (Å²) >= 11 is 0. The van der Waals surface area contributed by atoms with Gasteiger partial charge in [0.05, 0.1) is 31.4 Å². The number of carbonyl (C=O) groups excluding carboxylic acids is 1. The van der Waals surface area contributed by atoms with Gasteiger partial charge in [0.2, 0.25) is 5.95 Å². The van der Waals surface area contributed by atoms with Crippen molar-refractivity contribution in [1.29, 1.82) is 0 Å². The smallest absolute Gasteiger partial charge is 0.290 e. The van der Waals surface area contributed by atoms with Gasteiger partial charge >= 0.3 is 0 Å². The number of imidazole rings is 1. The fourth-order valence-corrected chi connectivity index (χ4v) is 3.96. The summed E-state index contributed by atoms with van der Waals surface area (Å²) in [6.45, 7) is 0.291. The van der Waals surface area contributed by atoms with Crippen LogP contribution in [-0.2, 0) is 24.8 Å². The fourth-order valence-electron chi connectivity index (χ4n) is 3.96. The molecule has 36 heavy (non-hydrogen) atoms. The number of rotatable bonds is 7. The molecule has 0 saturated heterocycles. The van der Waals surface area contributed by atoms with Crippen LogP contribution < -0.4 is 5.32 Å². The highest BCUT2D eigenvalue weighted by Gasteiger charge is 2.35. The molecule has 0 radical (unpaired) electrons. The number of aromatic nitrogens is 6. The van der Waals surface area contributed by atoms with Crippen LogP contribution in [0.3, 0.4) is 0 Å². The van der Waals surface area contributed by atoms with E-state index in [4.69, 9.17) is 11.6 Å². The van der Waals surface area contributed by atoms with Gasteiger partial charge in [-0.05, 0) is 36.6 Å². The lowest BCUT2D eigenvalue weighted by Gasteiger charge is -2.35. The van der Waals surface area contributed by atoms with Crippen LogP contribution in [-0.4, -0.2) is 59.8 Å². The number of amides is 1. The van der Waals surface area contributed by atoms with Crippen molar-refractivity contribution < 1.29 is 20.8 Å². The number of methoxy groups -OCH3 is 1. The van der Waals surface area contributed by atoms with Crippen molar-refractivity contribution in [3.05, 3.63) is 71.2 Å². The first kappa shape index (κ1) is 18.2. The second-order valence-corrected chi connectivity index (χ2v) is 8.51. The van der Waals surface area contributed by atoms with E-state index in [0.717, 1.165) is 11.0 Å². The third kappa shape index (κ3) is 4.44. The molecule has 1 atom stereocenters. The summed E-state index contributed by atoms with van der Waals surface area (Å²) in [5.41, 5.74) is 1.65. The number of nitrogens with one attached hydrogen (secondary N) is 1. The van der Waals surface area contributed by atoms with Gasteiger partial charge in [0.15, 0.2) is 5.82 Å². The second-order valence-electron chi connectivity index (χ2n) is 8.51. The molecule has 0 bridgehead atoms. The average Bonchev–Trinajstić information content (AvgIpc) is 3.51. The lowest BCUT2D eigenvalue weighted by molar-refractivity contribution is 0.0380. The Morgan fingerprint density at radius 3 is 2.89 bits per heavy atom. The van der Waals surface area contributed by atoms with Gasteiger partial charge in [-0.2, -0.15) is 5.10 Å². The maximum Gasteiger partial charge on any atom is 0.290 e. The molecule has 186 valence electrons. The van der Waals surface area contributed by atoms with E-state index in [0.29, 0.717) is 28.3 Å². The first-order valence-corrected chi connectivity index (χ1v) is 11.1. The Labute approximate surface area is 214 Å². The van der Waals surface area contributed by atoms with E-state index in [1.807, 2.05) is 0 Å². The summed E-state index contributed by atoms with van der Waals surface area (Å²) < 4.78 is 62.6. The van der Waals surface area contributed by atoms with E-state index < -0.39 is 37.9 Å². The molecular weight excluding hydrogens is 463 g/mol. The van der Waals surface area contributed by atoms with Crippen LogP contribution in [0.2, 0.25) is 0 Å². The fraction of sp³-hybridized carbons (Fsp3) is 0.320. The lowest BCUT2D eigenvalue weighted by Crippen LogP contribution is -2.49. The number of fused-ring (bicyclic) bond motifs is 1. The number of hydrogen-bond acceptors (Lipinski definition) is 7. The van der Waals surface area contributed by atoms with Gasteiger partial charge in [-0.3, -0.25) is 9.48 Å². The summed E-state index contributed by atoms with van der Waals surface area (Å²) in [5, 5.41) is 7.17. The van der Waals surface area contributed by atoms with Gasteiger partial charge in [0.25, 0.3) is 5.91 Å². The molecule has 1 unspecified atom stereocenters. The summed E-state index contributed by atoms with van der Waals surface area (Å²) in [4.78, 5) is 28.1. The Bertz CT molecular complexity index is 1620. The van der Waals surface area contributed by atoms with E-state index in [2.05, 4.69) is 25.4 Å². The van der Waals surface area contributed by atoms with Crippen LogP contribution in [0.5, 0.6) is 0 Å². The van der Waals surface area contributed by atoms with Crippen molar-refractivity contribution in [1.82, 2.24) is 34.2 Å². The van der Waals surface area contributed by atoms with E-state index in [1.165, 1.54) is 16.7 Å². The maximum atomic E-state index is 14.4. The lowest BCUT2D eigenvalue weighted by atomic mass is 10.1. The molecule has 0 fully saturated rings. The summed E-state index contributed by atoms with van der Waals surface area (Å²) in [5.74, 6) is -0.602. The highest BCUT2D eigenvalue weighted by molar-refractivity contribution is 5.92. The zero-order valence-corrected chi connectivity index (χ0v) is 19.9. The Balaban J connectivity index is 1.53. The second kappa shape index (κ2) is 9.50. The van der Waals surface area contributed by atoms with Crippen LogP contribution in [0.25, 0.3) is 11.4 Å². The van der Waals surface area contributed by atoms with Crippen LogP contribution in [0.4, 0.5) is 16.2 Å². The summed E-state index contributed by atoms with van der Waals surface area (Å²) in [6, 6.07) is 4.53. The number of hydrogen-bond donors (Lipinski definition) is 1. The van der Waals surface area contributed by atoms with E-state index in [-0.39, 0.29) is 23.9 Å². The van der Waals surface area contributed by atoms with E-state index in [9.17, 15) is 9.18 Å². The van der Waals surface area contributed by atoms with Crippen molar-refractivity contribution in [2.24, 2.45) is 7.05 Å². The van der Waals surface area contributed by atoms with Gasteiger partial charge < -0.3 is 19.5 Å². The van der Waals surface area contributed by atoms with Crippen molar-refractivity contribution in [2.75, 3.05) is 19.0 Å². The molecule has 10 nitrogen and oxygen atoms in total. The van der Waals surface area contributed by atoms with Gasteiger partial charge in [-0.1, -0.05) is 12.1 Å². The van der Waals surface area contributed by atoms with Crippen molar-refractivity contribution in [3.63, 3.8) is 0 Å². The molecule has 5 rings (SSSR count). The van der Waals surface area contributed by atoms with Gasteiger partial charge in [-0.25, -0.2) is 19.3 Å². The molecule has 3 aromatic heterocycles. The molecule has 1 aliphatic rings. The molecule has 0 saturated carbocycles. The number of carbonyl (C=O) groups is 1. The Morgan fingerprint density at radius 1 is 1.28 bits per heavy atom. The third-order valence-corrected chi connectivity index (χ3v) is 5.93. The molecule has 4 aromatic rings. The first-order valence-electron chi connectivity index (χ1n) is 13.6. The first-order chi connectivity index (χ1) is 19.2. The molecule has 0 aliphatic carbocycles. The minimum absolute atomic E-state index is 0.0255. The van der Waals surface area contributed by atoms with Crippen LogP contribution in [0.1, 0.15) is 34.2 Å². The molecule has 1 aromatic carbocycles. The monoisotopic (exact) mass is 495 g/mol. The molecule has 4 heterocycles. The molecule has 0 spiro atoms. The largest absolute Gasteiger partial charge is 0.382 e. The number of halogens is 1. The number of benzene rings is 1. The highest BCUT2D eigenvalue weighted by Crippen LogP contribution is 2.27. The highest BCUT2D eigenvalue weighted by atomic mass is 19.1. The summed E-state index contributed by atoms with van der Waals surface area (Å²) in [7, 11) is -1.01. The SMILES string of the molecule is [2H]C([2H])([2H])OCC1Cn2cc(-c3nc(Nc4ccnn4C)ncc3C)nc2C(=O)N1C([2H])([2H])c1ccc(C)c(F)c1. The Kier molecular flexibility index (Phi) is 4.80. The standard InChI is InChI=1S/C25H27FN8O2/c1-15-5-6-17(9-19(15)26)11-34-18(14-36-4)12-33-13-20(29-23(33)24(34)35)22-16(2)10-27-25(31-22)30-21-7-8-28-32(21)3/h5-10,13,18H,11-12,14H2,1-4H3,(H,27,30,31)/i4D3,11D2. The van der Waals surface area contributed by atoms with Gasteiger partial charge in [0.1, 0.15) is 17.3 Å². The van der Waals surface area contributed by atoms with E-state index >= 15 is 0 Å². The quantitative estimate of drug-likeness (QED) is 0.420. The molecule has 1 N–H and O–H groups in total. The van der Waals surface area contributed by atoms with Crippen molar-refractivity contribution in [3.8, 4) is 11.4 Å². The average molecular weight is 496 g/mol. The number of nitrogens with zero attached hydrogens (tertiary/aromatic N) is 7. The number of aryl methyl sites for hydroxylation is 3. The Morgan fingerprint density at radius 2 is 2.14 bits per heavy atom. The van der Waals surface area contributed by atoms with Crippen LogP contribution in [0.15, 0.2) is 42.9 Å². The molecule has 1 aliphatic heterocycles. The van der Waals surface area contributed by atoms with E-state index in [1.54, 1.807) is 50.2 Å². The molecule has 1 amide bonds. The van der Waals surface area contributed by atoms with Crippen molar-refractivity contribution in [2.45, 2.75) is 32.9 Å². The molecule has 11 heteroatoms. The van der Waals surface area contributed by atoms with Gasteiger partial charge in [-0.15, -0.1) is 0 Å². The predicted molar refractivity (Wildman–Crippen MR) is 131 cm³/mol. The third-order valence-electron chi connectivity index (χ3n) is 5.93. The Hall–Kier alpha value is -4.12. The molecular formula is C25H27FN8O2. The zero-order valence-electron chi connectivity index (χ0n) is 24.9. The number of anilines is 2. The summed E-state index contributed by atoms with van der Waals surface area (Å²) in [6.07, 6.45) is 4.82. The maximum absolute atomic E-state index is 14.4. The normalized spacial score (nSPS) is 18.1. The number of ether oxygens (including phenoxy) is 1. The van der Waals surface area contributed by atoms with Crippen molar-refractivity contribution >= 4 is 17.7 Å². The minimum atomic E-state index is -2.77.